The zero-order valence-electron chi connectivity index (χ0n) is 23.1. The van der Waals surface area contributed by atoms with Crippen molar-refractivity contribution < 1.29 is 32.2 Å². The lowest BCUT2D eigenvalue weighted by molar-refractivity contribution is -0.274. The number of carbonyl (C=O) groups is 2. The Kier molecular flexibility index (Phi) is 8.39. The van der Waals surface area contributed by atoms with Gasteiger partial charge in [0.25, 0.3) is 0 Å². The molecule has 1 aliphatic rings. The number of hydrogen-bond acceptors (Lipinski definition) is 7. The molecule has 0 saturated carbocycles. The SMILES string of the molecule is COc1ccc(C(C)C)c(N2C(=O)CSC2=NC(=O)Nc2ccc(-c3ncn(-c4cccc(OC(F)(F)F)c4)n3)cc2)c1. The van der Waals surface area contributed by atoms with Crippen LogP contribution in [0, 0.1) is 0 Å². The predicted octanol–water partition coefficient (Wildman–Crippen LogP) is 6.63. The predicted molar refractivity (Wildman–Crippen MR) is 157 cm³/mol. The van der Waals surface area contributed by atoms with Crippen LogP contribution in [0.25, 0.3) is 17.1 Å². The summed E-state index contributed by atoms with van der Waals surface area (Å²) in [6.45, 7) is 4.02. The van der Waals surface area contributed by atoms with Crippen LogP contribution >= 0.6 is 11.8 Å². The summed E-state index contributed by atoms with van der Waals surface area (Å²) in [5, 5.41) is 7.29. The number of amidine groups is 1. The van der Waals surface area contributed by atoms with Crippen molar-refractivity contribution in [1.29, 1.82) is 0 Å². The van der Waals surface area contributed by atoms with E-state index < -0.39 is 12.4 Å². The normalized spacial score (nSPS) is 14.4. The summed E-state index contributed by atoms with van der Waals surface area (Å²) in [6.07, 6.45) is -3.44. The summed E-state index contributed by atoms with van der Waals surface area (Å²) >= 11 is 1.17. The molecule has 3 amide bonds. The molecule has 4 aromatic rings. The molecule has 0 bridgehead atoms. The largest absolute Gasteiger partial charge is 0.573 e. The van der Waals surface area contributed by atoms with Gasteiger partial charge in [-0.3, -0.25) is 9.69 Å². The molecule has 0 aliphatic carbocycles. The lowest BCUT2D eigenvalue weighted by Gasteiger charge is -2.22. The van der Waals surface area contributed by atoms with Crippen molar-refractivity contribution in [3.63, 3.8) is 0 Å². The van der Waals surface area contributed by atoms with Gasteiger partial charge in [-0.2, -0.15) is 4.99 Å². The van der Waals surface area contributed by atoms with E-state index in [2.05, 4.69) is 25.1 Å². The highest BCUT2D eigenvalue weighted by atomic mass is 32.2. The van der Waals surface area contributed by atoms with Gasteiger partial charge >= 0.3 is 12.4 Å². The van der Waals surface area contributed by atoms with Gasteiger partial charge in [0, 0.05) is 23.4 Å². The standard InChI is InChI=1S/C29H25F3N6O4S/c1-17(2)23-12-11-21(41-3)14-24(23)38-25(39)15-43-28(38)35-27(40)34-19-9-7-18(8-10-19)26-33-16-37(36-26)20-5-4-6-22(13-20)42-29(30,31)32/h4-14,16-17H,15H2,1-3H3,(H,34,40). The van der Waals surface area contributed by atoms with Crippen LogP contribution in [0.4, 0.5) is 29.3 Å². The number of anilines is 2. The van der Waals surface area contributed by atoms with Crippen molar-refractivity contribution in [2.24, 2.45) is 4.99 Å². The molecular formula is C29H25F3N6O4S. The number of nitrogens with zero attached hydrogens (tertiary/aromatic N) is 5. The summed E-state index contributed by atoms with van der Waals surface area (Å²) in [4.78, 5) is 35.5. The van der Waals surface area contributed by atoms with E-state index in [0.717, 1.165) is 5.56 Å². The van der Waals surface area contributed by atoms with E-state index in [1.807, 2.05) is 26.0 Å². The first-order valence-electron chi connectivity index (χ1n) is 12.9. The molecule has 1 N–H and O–H groups in total. The number of ether oxygens (including phenoxy) is 2. The lowest BCUT2D eigenvalue weighted by Crippen LogP contribution is -2.31. The first-order valence-corrected chi connectivity index (χ1v) is 13.9. The fraction of sp³-hybridized carbons (Fsp3) is 0.207. The molecule has 1 fully saturated rings. The van der Waals surface area contributed by atoms with Gasteiger partial charge in [0.2, 0.25) is 5.91 Å². The lowest BCUT2D eigenvalue weighted by atomic mass is 10.00. The zero-order chi connectivity index (χ0) is 30.7. The molecule has 0 radical (unpaired) electrons. The second-order valence-electron chi connectivity index (χ2n) is 9.56. The first-order chi connectivity index (χ1) is 20.5. The van der Waals surface area contributed by atoms with Crippen LogP contribution in [0.3, 0.4) is 0 Å². The van der Waals surface area contributed by atoms with Crippen molar-refractivity contribution in [2.75, 3.05) is 23.1 Å². The van der Waals surface area contributed by atoms with E-state index in [1.54, 1.807) is 43.5 Å². The van der Waals surface area contributed by atoms with Gasteiger partial charge in [0.05, 0.1) is 24.2 Å². The molecule has 43 heavy (non-hydrogen) atoms. The monoisotopic (exact) mass is 610 g/mol. The van der Waals surface area contributed by atoms with E-state index in [9.17, 15) is 22.8 Å². The third kappa shape index (κ3) is 6.97. The summed E-state index contributed by atoms with van der Waals surface area (Å²) in [7, 11) is 1.54. The molecule has 10 nitrogen and oxygen atoms in total. The minimum Gasteiger partial charge on any atom is -0.497 e. The molecule has 5 rings (SSSR count). The number of amides is 3. The van der Waals surface area contributed by atoms with E-state index in [1.165, 1.54) is 45.9 Å². The third-order valence-electron chi connectivity index (χ3n) is 6.27. The molecule has 3 aromatic carbocycles. The molecule has 2 heterocycles. The topological polar surface area (TPSA) is 111 Å². The van der Waals surface area contributed by atoms with Crippen molar-refractivity contribution in [1.82, 2.24) is 14.8 Å². The average molecular weight is 611 g/mol. The highest BCUT2D eigenvalue weighted by Gasteiger charge is 2.33. The van der Waals surface area contributed by atoms with Crippen LogP contribution in [0.5, 0.6) is 11.5 Å². The number of benzene rings is 3. The Morgan fingerprint density at radius 2 is 1.84 bits per heavy atom. The van der Waals surface area contributed by atoms with Crippen LogP contribution in [-0.4, -0.2) is 51.1 Å². The van der Waals surface area contributed by atoms with Crippen LogP contribution in [-0.2, 0) is 4.79 Å². The number of aliphatic imine (C=N–C) groups is 1. The molecule has 0 spiro atoms. The summed E-state index contributed by atoms with van der Waals surface area (Å²) < 4.78 is 48.4. The second kappa shape index (κ2) is 12.2. The maximum absolute atomic E-state index is 12.8. The fourth-order valence-corrected chi connectivity index (χ4v) is 5.16. The van der Waals surface area contributed by atoms with Crippen LogP contribution < -0.4 is 19.7 Å². The number of hydrogen-bond donors (Lipinski definition) is 1. The van der Waals surface area contributed by atoms with Gasteiger partial charge in [-0.15, -0.1) is 18.3 Å². The molecule has 1 aliphatic heterocycles. The van der Waals surface area contributed by atoms with Crippen LogP contribution in [0.2, 0.25) is 0 Å². The highest BCUT2D eigenvalue weighted by molar-refractivity contribution is 8.15. The number of aromatic nitrogens is 3. The molecule has 1 saturated heterocycles. The van der Waals surface area contributed by atoms with Gasteiger partial charge in [-0.05, 0) is 53.9 Å². The number of carbonyl (C=O) groups excluding carboxylic acids is 2. The molecule has 222 valence electrons. The minimum absolute atomic E-state index is 0.113. The van der Waals surface area contributed by atoms with Crippen LogP contribution in [0.1, 0.15) is 25.3 Å². The Balaban J connectivity index is 1.30. The van der Waals surface area contributed by atoms with Crippen molar-refractivity contribution in [3.05, 3.63) is 78.6 Å². The van der Waals surface area contributed by atoms with E-state index in [4.69, 9.17) is 4.74 Å². The number of methoxy groups -OCH3 is 1. The number of thioether (sulfide) groups is 1. The summed E-state index contributed by atoms with van der Waals surface area (Å²) in [5.41, 5.74) is 2.91. The number of rotatable bonds is 7. The Morgan fingerprint density at radius 1 is 1.07 bits per heavy atom. The number of alkyl halides is 3. The van der Waals surface area contributed by atoms with Gasteiger partial charge < -0.3 is 14.8 Å². The molecule has 1 aromatic heterocycles. The average Bonchev–Trinajstić information content (AvgIpc) is 3.59. The molecule has 14 heteroatoms. The Hall–Kier alpha value is -4.85. The van der Waals surface area contributed by atoms with Gasteiger partial charge in [0.15, 0.2) is 11.0 Å². The van der Waals surface area contributed by atoms with Gasteiger partial charge in [0.1, 0.15) is 17.8 Å². The number of halogens is 3. The first kappa shape index (κ1) is 29.6. The van der Waals surface area contributed by atoms with E-state index in [-0.39, 0.29) is 28.5 Å². The Labute approximate surface area is 248 Å². The van der Waals surface area contributed by atoms with E-state index >= 15 is 0 Å². The quantitative estimate of drug-likeness (QED) is 0.250. The smallest absolute Gasteiger partial charge is 0.497 e. The van der Waals surface area contributed by atoms with Gasteiger partial charge in [-0.1, -0.05) is 37.7 Å². The Bertz CT molecular complexity index is 1690. The van der Waals surface area contributed by atoms with E-state index in [0.29, 0.717) is 34.2 Å². The maximum atomic E-state index is 12.8. The summed E-state index contributed by atoms with van der Waals surface area (Å²) in [5.74, 6) is 0.588. The zero-order valence-corrected chi connectivity index (χ0v) is 23.9. The maximum Gasteiger partial charge on any atom is 0.573 e. The van der Waals surface area contributed by atoms with Crippen molar-refractivity contribution in [3.8, 4) is 28.6 Å². The van der Waals surface area contributed by atoms with Gasteiger partial charge in [-0.25, -0.2) is 14.5 Å². The second-order valence-corrected chi connectivity index (χ2v) is 10.5. The minimum atomic E-state index is -4.81. The van der Waals surface area contributed by atoms with Crippen molar-refractivity contribution >= 4 is 40.2 Å². The summed E-state index contributed by atoms with van der Waals surface area (Å²) in [6, 6.07) is 16.8. The Morgan fingerprint density at radius 3 is 2.53 bits per heavy atom. The van der Waals surface area contributed by atoms with Crippen molar-refractivity contribution in [2.45, 2.75) is 26.1 Å². The fourth-order valence-electron chi connectivity index (χ4n) is 4.30. The molecule has 0 atom stereocenters. The third-order valence-corrected chi connectivity index (χ3v) is 7.19. The number of nitrogens with one attached hydrogen (secondary N) is 1. The number of urea groups is 1. The highest BCUT2D eigenvalue weighted by Crippen LogP contribution is 2.36. The molecular weight excluding hydrogens is 585 g/mol. The van der Waals surface area contributed by atoms with Crippen LogP contribution in [0.15, 0.2) is 78.0 Å². The molecule has 0 unspecified atom stereocenters.